The number of sulfonamides is 1. The Morgan fingerprint density at radius 1 is 1.29 bits per heavy atom. The van der Waals surface area contributed by atoms with Crippen LogP contribution in [0.4, 0.5) is 5.69 Å². The van der Waals surface area contributed by atoms with Crippen LogP contribution in [0.3, 0.4) is 0 Å². The zero-order chi connectivity index (χ0) is 17.6. The van der Waals surface area contributed by atoms with Gasteiger partial charge in [0.05, 0.1) is 13.2 Å². The van der Waals surface area contributed by atoms with E-state index >= 15 is 0 Å². The molecule has 2 rings (SSSR count). The molecule has 6 nitrogen and oxygen atoms in total. The molecule has 0 radical (unpaired) electrons. The number of benzene rings is 1. The van der Waals surface area contributed by atoms with Gasteiger partial charge < -0.3 is 9.64 Å². The van der Waals surface area contributed by atoms with Gasteiger partial charge in [0, 0.05) is 45.5 Å². The number of anilines is 1. The van der Waals surface area contributed by atoms with Gasteiger partial charge in [-0.15, -0.1) is 6.42 Å². The van der Waals surface area contributed by atoms with Gasteiger partial charge in [0.25, 0.3) is 0 Å². The fourth-order valence-corrected chi connectivity index (χ4v) is 3.44. The number of rotatable bonds is 7. The monoisotopic (exact) mass is 351 g/mol. The molecule has 0 aromatic heterocycles. The quantitative estimate of drug-likeness (QED) is 0.732. The molecule has 0 aliphatic carbocycles. The van der Waals surface area contributed by atoms with E-state index < -0.39 is 10.0 Å². The Balaban J connectivity index is 2.17. The van der Waals surface area contributed by atoms with Crippen LogP contribution in [-0.4, -0.2) is 66.0 Å². The summed E-state index contributed by atoms with van der Waals surface area (Å²) in [6, 6.07) is 8.13. The third-order valence-electron chi connectivity index (χ3n) is 4.05. The number of hydrogen-bond donors (Lipinski definition) is 1. The number of morpholine rings is 1. The van der Waals surface area contributed by atoms with Gasteiger partial charge in [0.2, 0.25) is 10.0 Å². The molecule has 0 amide bonds. The maximum atomic E-state index is 11.9. The largest absolute Gasteiger partial charge is 0.379 e. The van der Waals surface area contributed by atoms with E-state index in [9.17, 15) is 8.42 Å². The van der Waals surface area contributed by atoms with Crippen molar-refractivity contribution in [2.75, 3.05) is 57.6 Å². The van der Waals surface area contributed by atoms with Crippen molar-refractivity contribution in [3.63, 3.8) is 0 Å². The minimum atomic E-state index is -3.45. The van der Waals surface area contributed by atoms with Crippen LogP contribution in [0.2, 0.25) is 0 Å². The lowest BCUT2D eigenvalue weighted by Crippen LogP contribution is -2.44. The molecule has 1 aliphatic rings. The van der Waals surface area contributed by atoms with Crippen LogP contribution >= 0.6 is 0 Å². The SMILES string of the molecule is C#CCS(=O)(=O)NC[C@H](c1ccc(N(C)C)cc1)N1CCOCC1. The number of terminal acetylenes is 1. The highest BCUT2D eigenvalue weighted by Gasteiger charge is 2.24. The van der Waals surface area contributed by atoms with Gasteiger partial charge in [0.1, 0.15) is 5.75 Å². The minimum Gasteiger partial charge on any atom is -0.379 e. The Hall–Kier alpha value is -1.59. The van der Waals surface area contributed by atoms with Crippen molar-refractivity contribution in [1.82, 2.24) is 9.62 Å². The average Bonchev–Trinajstić information content (AvgIpc) is 2.56. The molecule has 0 bridgehead atoms. The topological polar surface area (TPSA) is 61.9 Å². The molecule has 1 aromatic carbocycles. The van der Waals surface area contributed by atoms with Gasteiger partial charge in [0.15, 0.2) is 0 Å². The number of hydrogen-bond acceptors (Lipinski definition) is 5. The van der Waals surface area contributed by atoms with Crippen molar-refractivity contribution in [3.05, 3.63) is 29.8 Å². The first-order valence-electron chi connectivity index (χ1n) is 7.93. The Morgan fingerprint density at radius 3 is 2.46 bits per heavy atom. The van der Waals surface area contributed by atoms with Gasteiger partial charge in [-0.3, -0.25) is 4.90 Å². The molecule has 0 saturated carbocycles. The Morgan fingerprint density at radius 2 is 1.92 bits per heavy atom. The lowest BCUT2D eigenvalue weighted by atomic mass is 10.0. The summed E-state index contributed by atoms with van der Waals surface area (Å²) in [6.45, 7) is 3.16. The summed E-state index contributed by atoms with van der Waals surface area (Å²) in [6.07, 6.45) is 5.12. The molecular formula is C17H25N3O3S. The predicted molar refractivity (Wildman–Crippen MR) is 96.5 cm³/mol. The second-order valence-corrected chi connectivity index (χ2v) is 7.77. The number of nitrogens with zero attached hydrogens (tertiary/aromatic N) is 2. The summed E-state index contributed by atoms with van der Waals surface area (Å²) in [7, 11) is 0.530. The van der Waals surface area contributed by atoms with Crippen LogP contribution in [0.15, 0.2) is 24.3 Å². The summed E-state index contributed by atoms with van der Waals surface area (Å²) in [5, 5.41) is 0. The van der Waals surface area contributed by atoms with Crippen LogP contribution in [0, 0.1) is 12.3 Å². The predicted octanol–water partition coefficient (Wildman–Crippen LogP) is 0.679. The fourth-order valence-electron chi connectivity index (χ4n) is 2.71. The molecule has 0 spiro atoms. The molecule has 24 heavy (non-hydrogen) atoms. The first kappa shape index (κ1) is 18.7. The van der Waals surface area contributed by atoms with E-state index in [-0.39, 0.29) is 11.8 Å². The standard InChI is InChI=1S/C17H25N3O3S/c1-4-13-24(21,22)18-14-17(20-9-11-23-12-10-20)15-5-7-16(8-6-15)19(2)3/h1,5-8,17-18H,9-14H2,2-3H3/t17-/m1/s1. The van der Waals surface area contributed by atoms with Gasteiger partial charge in [-0.1, -0.05) is 18.1 Å². The zero-order valence-corrected chi connectivity index (χ0v) is 15.1. The lowest BCUT2D eigenvalue weighted by Gasteiger charge is -2.35. The van der Waals surface area contributed by atoms with Gasteiger partial charge >= 0.3 is 0 Å². The van der Waals surface area contributed by atoms with Crippen LogP contribution in [0.1, 0.15) is 11.6 Å². The highest BCUT2D eigenvalue weighted by molar-refractivity contribution is 7.89. The summed E-state index contributed by atoms with van der Waals surface area (Å²) >= 11 is 0. The number of nitrogens with one attached hydrogen (secondary N) is 1. The van der Waals surface area contributed by atoms with Crippen molar-refractivity contribution in [2.45, 2.75) is 6.04 Å². The molecule has 1 aromatic rings. The zero-order valence-electron chi connectivity index (χ0n) is 14.2. The first-order chi connectivity index (χ1) is 11.4. The number of ether oxygens (including phenoxy) is 1. The minimum absolute atomic E-state index is 0.0438. The van der Waals surface area contributed by atoms with Crippen LogP contribution in [0.25, 0.3) is 0 Å². The molecule has 0 unspecified atom stereocenters. The molecule has 1 N–H and O–H groups in total. The van der Waals surface area contributed by atoms with E-state index in [0.29, 0.717) is 19.8 Å². The Bertz CT molecular complexity index is 659. The second kappa shape index (κ2) is 8.49. The third-order valence-corrected chi connectivity index (χ3v) is 5.20. The van der Waals surface area contributed by atoms with E-state index in [1.165, 1.54) is 0 Å². The van der Waals surface area contributed by atoms with Crippen LogP contribution < -0.4 is 9.62 Å². The summed E-state index contributed by atoms with van der Waals surface area (Å²) in [4.78, 5) is 4.27. The highest BCUT2D eigenvalue weighted by Crippen LogP contribution is 2.24. The van der Waals surface area contributed by atoms with Crippen molar-refractivity contribution in [1.29, 1.82) is 0 Å². The molecule has 1 saturated heterocycles. The van der Waals surface area contributed by atoms with E-state index in [1.807, 2.05) is 43.3 Å². The summed E-state index contributed by atoms with van der Waals surface area (Å²) < 4.78 is 31.8. The van der Waals surface area contributed by atoms with Crippen molar-refractivity contribution in [2.24, 2.45) is 0 Å². The molecule has 7 heteroatoms. The normalized spacial score (nSPS) is 17.2. The van der Waals surface area contributed by atoms with E-state index in [0.717, 1.165) is 24.3 Å². The summed E-state index contributed by atoms with van der Waals surface area (Å²) in [5.41, 5.74) is 2.18. The van der Waals surface area contributed by atoms with E-state index in [4.69, 9.17) is 11.2 Å². The molecule has 1 heterocycles. The molecule has 1 fully saturated rings. The molecule has 132 valence electrons. The van der Waals surface area contributed by atoms with Crippen LogP contribution in [0.5, 0.6) is 0 Å². The van der Waals surface area contributed by atoms with Gasteiger partial charge in [-0.25, -0.2) is 13.1 Å². The summed E-state index contributed by atoms with van der Waals surface area (Å²) in [5.74, 6) is 1.88. The maximum absolute atomic E-state index is 11.9. The van der Waals surface area contributed by atoms with Crippen molar-refractivity contribution in [3.8, 4) is 12.3 Å². The third kappa shape index (κ3) is 5.21. The molecule has 1 atom stereocenters. The Labute approximate surface area is 144 Å². The molecule has 1 aliphatic heterocycles. The van der Waals surface area contributed by atoms with E-state index in [1.54, 1.807) is 0 Å². The lowest BCUT2D eigenvalue weighted by molar-refractivity contribution is 0.0172. The smallest absolute Gasteiger partial charge is 0.222 e. The highest BCUT2D eigenvalue weighted by atomic mass is 32.2. The van der Waals surface area contributed by atoms with Gasteiger partial charge in [-0.2, -0.15) is 0 Å². The van der Waals surface area contributed by atoms with Crippen LogP contribution in [-0.2, 0) is 14.8 Å². The Kier molecular flexibility index (Phi) is 6.63. The maximum Gasteiger partial charge on any atom is 0.222 e. The van der Waals surface area contributed by atoms with Gasteiger partial charge in [-0.05, 0) is 17.7 Å². The molecular weight excluding hydrogens is 326 g/mol. The first-order valence-corrected chi connectivity index (χ1v) is 9.58. The van der Waals surface area contributed by atoms with E-state index in [2.05, 4.69) is 15.5 Å². The van der Waals surface area contributed by atoms with Crippen molar-refractivity contribution >= 4 is 15.7 Å². The van der Waals surface area contributed by atoms with Crippen molar-refractivity contribution < 1.29 is 13.2 Å². The second-order valence-electron chi connectivity index (χ2n) is 5.96. The fraction of sp³-hybridized carbons (Fsp3) is 0.529. The average molecular weight is 351 g/mol.